The summed E-state index contributed by atoms with van der Waals surface area (Å²) in [6, 6.07) is 6.02. The maximum Gasteiger partial charge on any atom is 0.133 e. The van der Waals surface area contributed by atoms with Gasteiger partial charge in [0.1, 0.15) is 5.75 Å². The van der Waals surface area contributed by atoms with Crippen molar-refractivity contribution in [2.75, 3.05) is 0 Å². The van der Waals surface area contributed by atoms with Crippen LogP contribution in [0.15, 0.2) is 30.5 Å². The lowest BCUT2D eigenvalue weighted by molar-refractivity contribution is 0.462. The number of hydrogen-bond donors (Lipinski definition) is 0. The van der Waals surface area contributed by atoms with Crippen molar-refractivity contribution in [3.63, 3.8) is 0 Å². The first-order chi connectivity index (χ1) is 5.38. The van der Waals surface area contributed by atoms with Gasteiger partial charge in [-0.2, -0.15) is 0 Å². The van der Waals surface area contributed by atoms with Crippen molar-refractivity contribution >= 4 is 0 Å². The Labute approximate surface area is 66.3 Å². The molecule has 0 saturated heterocycles. The minimum Gasteiger partial charge on any atom is -0.465 e. The fourth-order valence-corrected chi connectivity index (χ4v) is 1.24. The van der Waals surface area contributed by atoms with Crippen molar-refractivity contribution in [2.45, 2.75) is 6.42 Å². The predicted molar refractivity (Wildman–Crippen MR) is 44.4 cm³/mol. The molecule has 0 fully saturated rings. The van der Waals surface area contributed by atoms with Crippen LogP contribution in [0.5, 0.6) is 5.75 Å². The highest BCUT2D eigenvalue weighted by atomic mass is 16.5. The molecule has 1 aliphatic rings. The average Bonchev–Trinajstić information content (AvgIpc) is 2.06. The molecule has 11 heavy (non-hydrogen) atoms. The van der Waals surface area contributed by atoms with E-state index in [1.54, 1.807) is 6.26 Å². The second kappa shape index (κ2) is 2.42. The minimum atomic E-state index is 0.926. The van der Waals surface area contributed by atoms with E-state index in [4.69, 9.17) is 4.74 Å². The Morgan fingerprint density at radius 3 is 3.09 bits per heavy atom. The molecule has 1 nitrogen and oxygen atoms in total. The third-order valence-corrected chi connectivity index (χ3v) is 1.80. The molecule has 2 rings (SSSR count). The Morgan fingerprint density at radius 1 is 1.36 bits per heavy atom. The summed E-state index contributed by atoms with van der Waals surface area (Å²) in [4.78, 5) is 0. The first kappa shape index (κ1) is 6.47. The van der Waals surface area contributed by atoms with Gasteiger partial charge in [0.2, 0.25) is 0 Å². The zero-order chi connectivity index (χ0) is 7.68. The van der Waals surface area contributed by atoms with E-state index in [1.807, 2.05) is 18.2 Å². The SMILES string of the molecule is [CH2]c1cccc2c1OC=CC2. The van der Waals surface area contributed by atoms with Crippen LogP contribution >= 0.6 is 0 Å². The summed E-state index contributed by atoms with van der Waals surface area (Å²) in [5.41, 5.74) is 2.19. The fraction of sp³-hybridized carbons (Fsp3) is 0.100. The van der Waals surface area contributed by atoms with Crippen molar-refractivity contribution in [3.05, 3.63) is 48.6 Å². The molecule has 0 spiro atoms. The van der Waals surface area contributed by atoms with E-state index in [0.29, 0.717) is 0 Å². The molecule has 1 aromatic rings. The van der Waals surface area contributed by atoms with Gasteiger partial charge in [-0.3, -0.25) is 0 Å². The molecular weight excluding hydrogens is 136 g/mol. The number of hydrogen-bond acceptors (Lipinski definition) is 1. The Kier molecular flexibility index (Phi) is 1.42. The smallest absolute Gasteiger partial charge is 0.133 e. The number of fused-ring (bicyclic) bond motifs is 1. The molecule has 0 bridgehead atoms. The normalized spacial score (nSPS) is 13.9. The molecule has 0 aliphatic carbocycles. The monoisotopic (exact) mass is 145 g/mol. The van der Waals surface area contributed by atoms with Gasteiger partial charge in [-0.25, -0.2) is 0 Å². The molecule has 1 heterocycles. The van der Waals surface area contributed by atoms with Crippen LogP contribution in [0, 0.1) is 6.92 Å². The highest BCUT2D eigenvalue weighted by Crippen LogP contribution is 2.26. The van der Waals surface area contributed by atoms with Crippen LogP contribution in [-0.4, -0.2) is 0 Å². The number of ether oxygens (including phenoxy) is 1. The highest BCUT2D eigenvalue weighted by Gasteiger charge is 2.07. The standard InChI is InChI=1S/C10H9O/c1-8-4-2-5-9-6-3-7-11-10(8)9/h2-5,7H,1,6H2. The summed E-state index contributed by atoms with van der Waals surface area (Å²) in [7, 11) is 0. The Balaban J connectivity index is 2.54. The van der Waals surface area contributed by atoms with Gasteiger partial charge in [0.05, 0.1) is 6.26 Å². The van der Waals surface area contributed by atoms with E-state index in [9.17, 15) is 0 Å². The summed E-state index contributed by atoms with van der Waals surface area (Å²) < 4.78 is 5.31. The van der Waals surface area contributed by atoms with Gasteiger partial charge < -0.3 is 4.74 Å². The van der Waals surface area contributed by atoms with E-state index in [-0.39, 0.29) is 0 Å². The molecule has 0 atom stereocenters. The maximum atomic E-state index is 5.31. The summed E-state index contributed by atoms with van der Waals surface area (Å²) in [5.74, 6) is 0.926. The van der Waals surface area contributed by atoms with Crippen LogP contribution in [-0.2, 0) is 6.42 Å². The average molecular weight is 145 g/mol. The van der Waals surface area contributed by atoms with Gasteiger partial charge in [0.25, 0.3) is 0 Å². The fourth-order valence-electron chi connectivity index (χ4n) is 1.24. The number of allylic oxidation sites excluding steroid dienone is 1. The van der Waals surface area contributed by atoms with Crippen LogP contribution in [0.1, 0.15) is 11.1 Å². The summed E-state index contributed by atoms with van der Waals surface area (Å²) in [6.07, 6.45) is 4.68. The summed E-state index contributed by atoms with van der Waals surface area (Å²) in [6.45, 7) is 3.87. The van der Waals surface area contributed by atoms with Gasteiger partial charge in [-0.1, -0.05) is 18.2 Å². The van der Waals surface area contributed by atoms with Gasteiger partial charge in [-0.05, 0) is 30.5 Å². The second-order valence-electron chi connectivity index (χ2n) is 2.60. The van der Waals surface area contributed by atoms with Crippen LogP contribution in [0.2, 0.25) is 0 Å². The largest absolute Gasteiger partial charge is 0.465 e. The molecule has 1 heteroatoms. The van der Waals surface area contributed by atoms with Gasteiger partial charge >= 0.3 is 0 Å². The van der Waals surface area contributed by atoms with Gasteiger partial charge in [0.15, 0.2) is 0 Å². The Morgan fingerprint density at radius 2 is 2.27 bits per heavy atom. The molecular formula is C10H9O. The second-order valence-corrected chi connectivity index (χ2v) is 2.60. The molecule has 0 amide bonds. The van der Waals surface area contributed by atoms with Crippen molar-refractivity contribution < 1.29 is 4.74 Å². The van der Waals surface area contributed by atoms with Crippen molar-refractivity contribution in [3.8, 4) is 5.75 Å². The summed E-state index contributed by atoms with van der Waals surface area (Å²) >= 11 is 0. The third kappa shape index (κ3) is 1.03. The van der Waals surface area contributed by atoms with Gasteiger partial charge in [-0.15, -0.1) is 0 Å². The maximum absolute atomic E-state index is 5.31. The topological polar surface area (TPSA) is 9.23 Å². The first-order valence-electron chi connectivity index (χ1n) is 3.63. The molecule has 1 radical (unpaired) electrons. The third-order valence-electron chi connectivity index (χ3n) is 1.80. The van der Waals surface area contributed by atoms with Crippen LogP contribution in [0.4, 0.5) is 0 Å². The van der Waals surface area contributed by atoms with E-state index in [0.717, 1.165) is 17.7 Å². The number of para-hydroxylation sites is 1. The van der Waals surface area contributed by atoms with E-state index in [1.165, 1.54) is 5.56 Å². The lowest BCUT2D eigenvalue weighted by Crippen LogP contribution is -1.97. The van der Waals surface area contributed by atoms with Crippen molar-refractivity contribution in [1.29, 1.82) is 0 Å². The summed E-state index contributed by atoms with van der Waals surface area (Å²) in [5, 5.41) is 0. The Bertz CT molecular complexity index is 300. The van der Waals surface area contributed by atoms with Crippen LogP contribution in [0.25, 0.3) is 0 Å². The van der Waals surface area contributed by atoms with Crippen molar-refractivity contribution in [1.82, 2.24) is 0 Å². The zero-order valence-corrected chi connectivity index (χ0v) is 6.21. The van der Waals surface area contributed by atoms with E-state index < -0.39 is 0 Å². The van der Waals surface area contributed by atoms with Gasteiger partial charge in [0, 0.05) is 0 Å². The zero-order valence-electron chi connectivity index (χ0n) is 6.21. The predicted octanol–water partition coefficient (Wildman–Crippen LogP) is 2.32. The molecule has 1 aromatic carbocycles. The van der Waals surface area contributed by atoms with Crippen molar-refractivity contribution in [2.24, 2.45) is 0 Å². The Hall–Kier alpha value is -1.24. The van der Waals surface area contributed by atoms with Crippen LogP contribution < -0.4 is 4.74 Å². The van der Waals surface area contributed by atoms with E-state index >= 15 is 0 Å². The van der Waals surface area contributed by atoms with Crippen LogP contribution in [0.3, 0.4) is 0 Å². The lowest BCUT2D eigenvalue weighted by Gasteiger charge is -2.13. The highest BCUT2D eigenvalue weighted by molar-refractivity contribution is 5.45. The van der Waals surface area contributed by atoms with E-state index in [2.05, 4.69) is 13.0 Å². The molecule has 0 aromatic heterocycles. The molecule has 0 unspecified atom stereocenters. The lowest BCUT2D eigenvalue weighted by atomic mass is 10.1. The quantitative estimate of drug-likeness (QED) is 0.544. The molecule has 55 valence electrons. The number of benzene rings is 1. The molecule has 1 aliphatic heterocycles. The molecule has 0 saturated carbocycles. The number of rotatable bonds is 0. The minimum absolute atomic E-state index is 0.926. The molecule has 0 N–H and O–H groups in total. The first-order valence-corrected chi connectivity index (χ1v) is 3.63.